The van der Waals surface area contributed by atoms with Crippen LogP contribution in [0.3, 0.4) is 0 Å². The largest absolute Gasteiger partial charge is 0.352 e. The number of nitrogens with zero attached hydrogens (tertiary/aromatic N) is 4. The van der Waals surface area contributed by atoms with E-state index in [4.69, 9.17) is 12.2 Å². The number of carbonyl (C=O) groups is 1. The lowest BCUT2D eigenvalue weighted by Gasteiger charge is -2.29. The molecule has 2 N–H and O–H groups in total. The molecule has 2 atom stereocenters. The van der Waals surface area contributed by atoms with Gasteiger partial charge in [-0.15, -0.1) is 0 Å². The van der Waals surface area contributed by atoms with Crippen LogP contribution in [0, 0.1) is 6.92 Å². The number of thiocarbonyl (C=S) groups is 1. The summed E-state index contributed by atoms with van der Waals surface area (Å²) >= 11 is 5.77. The van der Waals surface area contributed by atoms with E-state index in [-0.39, 0.29) is 18.0 Å². The van der Waals surface area contributed by atoms with E-state index in [0.29, 0.717) is 24.6 Å². The molecule has 36 heavy (non-hydrogen) atoms. The minimum absolute atomic E-state index is 0.0487. The normalized spacial score (nSPS) is 17.1. The molecule has 0 saturated carbocycles. The Bertz CT molecular complexity index is 1320. The first-order valence-electron chi connectivity index (χ1n) is 12.0. The van der Waals surface area contributed by atoms with Gasteiger partial charge in [0.1, 0.15) is 0 Å². The zero-order valence-corrected chi connectivity index (χ0v) is 20.9. The van der Waals surface area contributed by atoms with E-state index in [1.54, 1.807) is 12.4 Å². The standard InChI is InChI=1S/C28H28N6OS/c1-20-9-11-22(12-10-20)31-25(35)13-17-34-27(26(32-28(34)36)23-7-2-3-15-30-23)24-8-5-16-33(24)19-21-6-4-14-29-18-21/h2-12,14-16,18,26-27H,13,17,19H2,1H3,(H,31,35)(H,32,36)/t26-,27-/m0/s1. The van der Waals surface area contributed by atoms with E-state index in [1.807, 2.05) is 67.7 Å². The maximum absolute atomic E-state index is 12.8. The highest BCUT2D eigenvalue weighted by atomic mass is 32.1. The number of amides is 1. The Morgan fingerprint density at radius 1 is 1.06 bits per heavy atom. The molecule has 3 aromatic heterocycles. The first-order valence-corrected chi connectivity index (χ1v) is 12.4. The number of pyridine rings is 2. The number of benzene rings is 1. The van der Waals surface area contributed by atoms with Crippen LogP contribution in [0.2, 0.25) is 0 Å². The topological polar surface area (TPSA) is 75.1 Å². The van der Waals surface area contributed by atoms with Crippen molar-refractivity contribution in [3.05, 3.63) is 114 Å². The molecule has 5 rings (SSSR count). The Balaban J connectivity index is 1.39. The van der Waals surface area contributed by atoms with Crippen LogP contribution in [0.25, 0.3) is 0 Å². The molecule has 0 spiro atoms. The van der Waals surface area contributed by atoms with Crippen molar-refractivity contribution >= 4 is 28.9 Å². The van der Waals surface area contributed by atoms with E-state index in [0.717, 1.165) is 28.2 Å². The van der Waals surface area contributed by atoms with Gasteiger partial charge in [-0.1, -0.05) is 29.8 Å². The van der Waals surface area contributed by atoms with E-state index in [1.165, 1.54) is 0 Å². The van der Waals surface area contributed by atoms with Crippen LogP contribution in [0.1, 0.15) is 41.0 Å². The van der Waals surface area contributed by atoms with Crippen LogP contribution in [0.5, 0.6) is 0 Å². The monoisotopic (exact) mass is 496 g/mol. The van der Waals surface area contributed by atoms with Gasteiger partial charge in [0, 0.05) is 55.7 Å². The molecule has 1 amide bonds. The lowest BCUT2D eigenvalue weighted by Crippen LogP contribution is -2.33. The van der Waals surface area contributed by atoms with E-state index in [9.17, 15) is 4.79 Å². The van der Waals surface area contributed by atoms with Crippen LogP contribution in [0.15, 0.2) is 91.5 Å². The van der Waals surface area contributed by atoms with Crippen molar-refractivity contribution in [2.75, 3.05) is 11.9 Å². The van der Waals surface area contributed by atoms with Crippen molar-refractivity contribution in [1.29, 1.82) is 0 Å². The average molecular weight is 497 g/mol. The van der Waals surface area contributed by atoms with E-state index < -0.39 is 0 Å². The zero-order chi connectivity index (χ0) is 24.9. The smallest absolute Gasteiger partial charge is 0.226 e. The molecule has 1 fully saturated rings. The summed E-state index contributed by atoms with van der Waals surface area (Å²) in [5.41, 5.74) is 5.06. The van der Waals surface area contributed by atoms with E-state index >= 15 is 0 Å². The summed E-state index contributed by atoms with van der Waals surface area (Å²) in [5.74, 6) is -0.0487. The van der Waals surface area contributed by atoms with Gasteiger partial charge in [-0.25, -0.2) is 0 Å². The highest BCUT2D eigenvalue weighted by Crippen LogP contribution is 2.39. The van der Waals surface area contributed by atoms with Crippen molar-refractivity contribution in [3.8, 4) is 0 Å². The van der Waals surface area contributed by atoms with Gasteiger partial charge in [-0.3, -0.25) is 14.8 Å². The van der Waals surface area contributed by atoms with Crippen LogP contribution >= 0.6 is 12.2 Å². The van der Waals surface area contributed by atoms with Gasteiger partial charge in [0.25, 0.3) is 0 Å². The molecule has 182 valence electrons. The van der Waals surface area contributed by atoms with Crippen molar-refractivity contribution in [2.45, 2.75) is 32.0 Å². The molecule has 1 aliphatic heterocycles. The highest BCUT2D eigenvalue weighted by Gasteiger charge is 2.41. The molecule has 0 unspecified atom stereocenters. The molecule has 0 bridgehead atoms. The van der Waals surface area contributed by atoms with Crippen LogP contribution in [0.4, 0.5) is 5.69 Å². The Morgan fingerprint density at radius 2 is 1.92 bits per heavy atom. The Labute approximate surface area is 216 Å². The van der Waals surface area contributed by atoms with Crippen LogP contribution < -0.4 is 10.6 Å². The number of aryl methyl sites for hydroxylation is 1. The first kappa shape index (κ1) is 23.7. The van der Waals surface area contributed by atoms with Crippen molar-refractivity contribution in [2.24, 2.45) is 0 Å². The molecule has 4 aromatic rings. The molecule has 0 radical (unpaired) electrons. The fourth-order valence-electron chi connectivity index (χ4n) is 4.58. The fourth-order valence-corrected chi connectivity index (χ4v) is 4.91. The van der Waals surface area contributed by atoms with Crippen LogP contribution in [-0.2, 0) is 11.3 Å². The Hall–Kier alpha value is -4.04. The number of nitrogens with one attached hydrogen (secondary N) is 2. The Morgan fingerprint density at radius 3 is 2.67 bits per heavy atom. The summed E-state index contributed by atoms with van der Waals surface area (Å²) in [7, 11) is 0. The van der Waals surface area contributed by atoms with Crippen molar-refractivity contribution < 1.29 is 4.79 Å². The quantitative estimate of drug-likeness (QED) is 0.346. The number of aromatic nitrogens is 3. The van der Waals surface area contributed by atoms with E-state index in [2.05, 4.69) is 48.4 Å². The number of anilines is 1. The van der Waals surface area contributed by atoms with Gasteiger partial charge in [-0.05, 0) is 67.2 Å². The summed E-state index contributed by atoms with van der Waals surface area (Å²) in [4.78, 5) is 23.8. The number of hydrogen-bond acceptors (Lipinski definition) is 4. The molecule has 1 aromatic carbocycles. The maximum Gasteiger partial charge on any atom is 0.226 e. The summed E-state index contributed by atoms with van der Waals surface area (Å²) < 4.78 is 2.21. The number of rotatable bonds is 8. The third kappa shape index (κ3) is 5.28. The summed E-state index contributed by atoms with van der Waals surface area (Å²) in [6, 6.07) is 21.6. The molecule has 1 aliphatic rings. The minimum atomic E-state index is -0.138. The second-order valence-corrected chi connectivity index (χ2v) is 9.29. The number of hydrogen-bond donors (Lipinski definition) is 2. The predicted octanol–water partition coefficient (Wildman–Crippen LogP) is 4.64. The van der Waals surface area contributed by atoms with Gasteiger partial charge < -0.3 is 20.1 Å². The Kier molecular flexibility index (Phi) is 7.04. The van der Waals surface area contributed by atoms with Gasteiger partial charge in [-0.2, -0.15) is 0 Å². The van der Waals surface area contributed by atoms with Gasteiger partial charge in [0.2, 0.25) is 5.91 Å². The SMILES string of the molecule is Cc1ccc(NC(=O)CCN2C(=S)N[C@@H](c3ccccn3)[C@@H]2c2cccn2Cc2cccnc2)cc1. The first-order chi connectivity index (χ1) is 17.6. The molecule has 7 nitrogen and oxygen atoms in total. The summed E-state index contributed by atoms with van der Waals surface area (Å²) in [6.07, 6.45) is 7.83. The maximum atomic E-state index is 12.8. The highest BCUT2D eigenvalue weighted by molar-refractivity contribution is 7.80. The second kappa shape index (κ2) is 10.7. The lowest BCUT2D eigenvalue weighted by atomic mass is 10.0. The second-order valence-electron chi connectivity index (χ2n) is 8.91. The summed E-state index contributed by atoms with van der Waals surface area (Å²) in [6.45, 7) is 3.20. The lowest BCUT2D eigenvalue weighted by molar-refractivity contribution is -0.116. The minimum Gasteiger partial charge on any atom is -0.352 e. The third-order valence-corrected chi connectivity index (χ3v) is 6.71. The molecular formula is C28H28N6OS. The molecule has 4 heterocycles. The third-order valence-electron chi connectivity index (χ3n) is 6.36. The molecule has 0 aliphatic carbocycles. The average Bonchev–Trinajstić information content (AvgIpc) is 3.48. The number of carbonyl (C=O) groups excluding carboxylic acids is 1. The predicted molar refractivity (Wildman–Crippen MR) is 144 cm³/mol. The zero-order valence-electron chi connectivity index (χ0n) is 20.0. The van der Waals surface area contributed by atoms with Gasteiger partial charge in [0.05, 0.1) is 17.8 Å². The van der Waals surface area contributed by atoms with Gasteiger partial charge in [0.15, 0.2) is 5.11 Å². The van der Waals surface area contributed by atoms with Crippen molar-refractivity contribution in [1.82, 2.24) is 24.8 Å². The molecule has 1 saturated heterocycles. The molecular weight excluding hydrogens is 468 g/mol. The summed E-state index contributed by atoms with van der Waals surface area (Å²) in [5, 5.41) is 7.08. The van der Waals surface area contributed by atoms with Crippen molar-refractivity contribution in [3.63, 3.8) is 0 Å². The van der Waals surface area contributed by atoms with Crippen LogP contribution in [-0.4, -0.2) is 37.0 Å². The van der Waals surface area contributed by atoms with Gasteiger partial charge >= 0.3 is 0 Å². The fraction of sp³-hybridized carbons (Fsp3) is 0.214. The molecule has 8 heteroatoms.